The van der Waals surface area contributed by atoms with Gasteiger partial charge in [0.05, 0.1) is 22.1 Å². The fourth-order valence-electron chi connectivity index (χ4n) is 3.33. The summed E-state index contributed by atoms with van der Waals surface area (Å²) in [5.41, 5.74) is 4.91. The molecule has 2 aromatic heterocycles. The van der Waals surface area contributed by atoms with E-state index in [0.29, 0.717) is 11.3 Å². The summed E-state index contributed by atoms with van der Waals surface area (Å²) in [6.45, 7) is 0. The van der Waals surface area contributed by atoms with Gasteiger partial charge in [-0.25, -0.2) is 4.98 Å². The van der Waals surface area contributed by atoms with Crippen LogP contribution in [0.4, 0.5) is 5.69 Å². The van der Waals surface area contributed by atoms with E-state index in [1.165, 1.54) is 0 Å². The van der Waals surface area contributed by atoms with Gasteiger partial charge in [-0.1, -0.05) is 42.5 Å². The first-order chi connectivity index (χ1) is 13.8. The molecule has 2 N–H and O–H groups in total. The first-order valence-electron chi connectivity index (χ1n) is 8.98. The molecule has 5 rings (SSSR count). The number of hydrogen-bond donors (Lipinski definition) is 2. The first kappa shape index (κ1) is 16.2. The summed E-state index contributed by atoms with van der Waals surface area (Å²) in [5, 5.41) is 3.82. The highest BCUT2D eigenvalue weighted by molar-refractivity contribution is 6.12. The molecule has 0 aliphatic heterocycles. The number of anilines is 1. The Kier molecular flexibility index (Phi) is 3.84. The maximum Gasteiger partial charge on any atom is 0.256 e. The van der Waals surface area contributed by atoms with Gasteiger partial charge < -0.3 is 10.3 Å². The minimum absolute atomic E-state index is 0.166. The molecule has 5 aromatic rings. The van der Waals surface area contributed by atoms with E-state index >= 15 is 0 Å². The molecule has 0 unspecified atom stereocenters. The minimum atomic E-state index is -0.166. The van der Waals surface area contributed by atoms with Crippen molar-refractivity contribution in [1.82, 2.24) is 15.0 Å². The Hall–Kier alpha value is -3.99. The summed E-state index contributed by atoms with van der Waals surface area (Å²) >= 11 is 0. The van der Waals surface area contributed by atoms with E-state index in [2.05, 4.69) is 20.3 Å². The summed E-state index contributed by atoms with van der Waals surface area (Å²) in [7, 11) is 0. The van der Waals surface area contributed by atoms with E-state index in [0.717, 1.165) is 33.3 Å². The molecular formula is C23H16N4O. The number of aromatic amines is 1. The van der Waals surface area contributed by atoms with Crippen molar-refractivity contribution in [2.45, 2.75) is 0 Å². The van der Waals surface area contributed by atoms with Gasteiger partial charge in [-0.3, -0.25) is 9.78 Å². The molecule has 0 fully saturated rings. The van der Waals surface area contributed by atoms with E-state index in [-0.39, 0.29) is 5.91 Å². The number of carbonyl (C=O) groups excluding carboxylic acids is 1. The molecule has 3 aromatic carbocycles. The third-order valence-corrected chi connectivity index (χ3v) is 4.68. The molecule has 0 bridgehead atoms. The third-order valence-electron chi connectivity index (χ3n) is 4.68. The number of amides is 1. The molecular weight excluding hydrogens is 348 g/mol. The maximum atomic E-state index is 12.9. The predicted molar refractivity (Wildman–Crippen MR) is 111 cm³/mol. The summed E-state index contributed by atoms with van der Waals surface area (Å²) in [4.78, 5) is 25.1. The zero-order valence-corrected chi connectivity index (χ0v) is 14.9. The molecule has 0 saturated heterocycles. The molecule has 5 heteroatoms. The summed E-state index contributed by atoms with van der Waals surface area (Å²) < 4.78 is 0. The molecule has 0 atom stereocenters. The predicted octanol–water partition coefficient (Wildman–Crippen LogP) is 5.03. The lowest BCUT2D eigenvalue weighted by atomic mass is 10.1. The summed E-state index contributed by atoms with van der Waals surface area (Å²) in [5.74, 6) is 0.604. The monoisotopic (exact) mass is 364 g/mol. The van der Waals surface area contributed by atoms with Crippen LogP contribution in [0.25, 0.3) is 33.3 Å². The molecule has 5 nitrogen and oxygen atoms in total. The number of hydrogen-bond acceptors (Lipinski definition) is 3. The van der Waals surface area contributed by atoms with Gasteiger partial charge >= 0.3 is 0 Å². The van der Waals surface area contributed by atoms with Crippen LogP contribution in [-0.2, 0) is 0 Å². The Labute approximate surface area is 161 Å². The molecule has 0 aliphatic carbocycles. The topological polar surface area (TPSA) is 70.7 Å². The smallest absolute Gasteiger partial charge is 0.256 e. The quantitative estimate of drug-likeness (QED) is 0.472. The van der Waals surface area contributed by atoms with Gasteiger partial charge in [0.15, 0.2) is 0 Å². The van der Waals surface area contributed by atoms with Crippen molar-refractivity contribution < 1.29 is 4.79 Å². The number of carbonyl (C=O) groups is 1. The lowest BCUT2D eigenvalue weighted by molar-refractivity contribution is 0.102. The van der Waals surface area contributed by atoms with Gasteiger partial charge in [-0.05, 0) is 36.4 Å². The van der Waals surface area contributed by atoms with Crippen LogP contribution in [0, 0.1) is 0 Å². The van der Waals surface area contributed by atoms with Gasteiger partial charge in [0, 0.05) is 22.8 Å². The van der Waals surface area contributed by atoms with Crippen LogP contribution in [-0.4, -0.2) is 20.9 Å². The maximum absolute atomic E-state index is 12.9. The Morgan fingerprint density at radius 1 is 0.857 bits per heavy atom. The number of aromatic nitrogens is 3. The second-order valence-electron chi connectivity index (χ2n) is 6.51. The third kappa shape index (κ3) is 2.89. The van der Waals surface area contributed by atoms with Crippen molar-refractivity contribution in [2.75, 3.05) is 5.32 Å². The average molecular weight is 364 g/mol. The number of rotatable bonds is 3. The first-order valence-corrected chi connectivity index (χ1v) is 8.98. The zero-order valence-electron chi connectivity index (χ0n) is 14.9. The number of benzene rings is 3. The Balaban J connectivity index is 1.47. The Morgan fingerprint density at radius 2 is 1.68 bits per heavy atom. The fourth-order valence-corrected chi connectivity index (χ4v) is 3.33. The molecule has 2 heterocycles. The van der Waals surface area contributed by atoms with Crippen molar-refractivity contribution >= 4 is 33.5 Å². The van der Waals surface area contributed by atoms with Crippen molar-refractivity contribution in [3.63, 3.8) is 0 Å². The fraction of sp³-hybridized carbons (Fsp3) is 0. The van der Waals surface area contributed by atoms with Gasteiger partial charge in [-0.2, -0.15) is 0 Å². The second kappa shape index (κ2) is 6.63. The lowest BCUT2D eigenvalue weighted by Gasteiger charge is -2.08. The largest absolute Gasteiger partial charge is 0.338 e. The Morgan fingerprint density at radius 3 is 2.57 bits per heavy atom. The van der Waals surface area contributed by atoms with Crippen molar-refractivity contribution in [2.24, 2.45) is 0 Å². The van der Waals surface area contributed by atoms with E-state index < -0.39 is 0 Å². The number of nitrogens with one attached hydrogen (secondary N) is 2. The number of imidazole rings is 1. The van der Waals surface area contributed by atoms with Crippen molar-refractivity contribution in [3.05, 3.63) is 90.6 Å². The number of pyridine rings is 1. The van der Waals surface area contributed by atoms with Gasteiger partial charge in [0.25, 0.3) is 5.91 Å². The lowest BCUT2D eigenvalue weighted by Crippen LogP contribution is -2.12. The van der Waals surface area contributed by atoms with Crippen LogP contribution in [0.15, 0.2) is 85.1 Å². The van der Waals surface area contributed by atoms with E-state index in [9.17, 15) is 4.79 Å². The Bertz CT molecular complexity index is 1280. The molecule has 0 aliphatic rings. The standard InChI is InChI=1S/C23H16N4O/c28-23(18-12-13-24-19-9-2-1-8-17(18)19)25-16-7-5-6-15(14-16)22-26-20-10-3-4-11-21(20)27-22/h1-14H,(H,25,28)(H,26,27). The van der Waals surface area contributed by atoms with Crippen LogP contribution in [0.2, 0.25) is 0 Å². The highest BCUT2D eigenvalue weighted by atomic mass is 16.1. The van der Waals surface area contributed by atoms with Gasteiger partial charge in [-0.15, -0.1) is 0 Å². The highest BCUT2D eigenvalue weighted by Crippen LogP contribution is 2.24. The zero-order chi connectivity index (χ0) is 18.9. The summed E-state index contributed by atoms with van der Waals surface area (Å²) in [6, 6.07) is 24.9. The normalized spacial score (nSPS) is 11.0. The van der Waals surface area contributed by atoms with Crippen molar-refractivity contribution in [3.8, 4) is 11.4 Å². The summed E-state index contributed by atoms with van der Waals surface area (Å²) in [6.07, 6.45) is 1.65. The SMILES string of the molecule is O=C(Nc1cccc(-c2nc3ccccc3[nH]2)c1)c1ccnc2ccccc12. The van der Waals surface area contributed by atoms with E-state index in [1.54, 1.807) is 12.3 Å². The van der Waals surface area contributed by atoms with E-state index in [4.69, 9.17) is 0 Å². The minimum Gasteiger partial charge on any atom is -0.338 e. The molecule has 1 amide bonds. The van der Waals surface area contributed by atoms with E-state index in [1.807, 2.05) is 72.8 Å². The molecule has 0 saturated carbocycles. The van der Waals surface area contributed by atoms with Crippen molar-refractivity contribution in [1.29, 1.82) is 0 Å². The molecule has 0 spiro atoms. The van der Waals surface area contributed by atoms with Crippen LogP contribution in [0.5, 0.6) is 0 Å². The van der Waals surface area contributed by atoms with Crippen LogP contribution in [0.1, 0.15) is 10.4 Å². The number of fused-ring (bicyclic) bond motifs is 2. The number of H-pyrrole nitrogens is 1. The molecule has 134 valence electrons. The second-order valence-corrected chi connectivity index (χ2v) is 6.51. The van der Waals surface area contributed by atoms with Gasteiger partial charge in [0.1, 0.15) is 5.82 Å². The van der Waals surface area contributed by atoms with Crippen LogP contribution < -0.4 is 5.32 Å². The molecule has 28 heavy (non-hydrogen) atoms. The average Bonchev–Trinajstić information content (AvgIpc) is 3.18. The van der Waals surface area contributed by atoms with Crippen LogP contribution in [0.3, 0.4) is 0 Å². The van der Waals surface area contributed by atoms with Crippen LogP contribution >= 0.6 is 0 Å². The molecule has 0 radical (unpaired) electrons. The number of para-hydroxylation sites is 3. The highest BCUT2D eigenvalue weighted by Gasteiger charge is 2.12. The number of nitrogens with zero attached hydrogens (tertiary/aromatic N) is 2. The van der Waals surface area contributed by atoms with Gasteiger partial charge in [0.2, 0.25) is 0 Å².